The average Bonchev–Trinajstić information content (AvgIpc) is 3.39. The van der Waals surface area contributed by atoms with Crippen molar-refractivity contribution in [1.29, 1.82) is 5.26 Å². The quantitative estimate of drug-likeness (QED) is 0.331. The topological polar surface area (TPSA) is 64.4 Å². The number of thiazole rings is 1. The van der Waals surface area contributed by atoms with Crippen molar-refractivity contribution >= 4 is 22.1 Å². The van der Waals surface area contributed by atoms with Crippen molar-refractivity contribution in [2.24, 2.45) is 0 Å². The smallest absolute Gasteiger partial charge is 0.147 e. The predicted octanol–water partition coefficient (Wildman–Crippen LogP) is 6.06. The van der Waals surface area contributed by atoms with E-state index in [-0.39, 0.29) is 0 Å². The van der Waals surface area contributed by atoms with Crippen molar-refractivity contribution < 1.29 is 14.2 Å². The molecule has 0 aliphatic rings. The minimum absolute atomic E-state index is 0.345. The van der Waals surface area contributed by atoms with Crippen LogP contribution in [0.3, 0.4) is 0 Å². The van der Waals surface area contributed by atoms with E-state index in [0.29, 0.717) is 30.1 Å². The first kappa shape index (κ1) is 21.8. The van der Waals surface area contributed by atoms with Crippen LogP contribution >= 0.6 is 11.3 Å². The lowest BCUT2D eigenvalue weighted by molar-refractivity contribution is 0.0164. The van der Waals surface area contributed by atoms with Gasteiger partial charge in [0.05, 0.1) is 7.11 Å². The van der Waals surface area contributed by atoms with Crippen LogP contribution in [0.5, 0.6) is 11.5 Å². The van der Waals surface area contributed by atoms with Crippen LogP contribution in [0.1, 0.15) is 35.0 Å². The Bertz CT molecular complexity index is 1260. The second kappa shape index (κ2) is 9.39. The summed E-state index contributed by atoms with van der Waals surface area (Å²) >= 11 is 1.51. The molecule has 162 valence electrons. The third-order valence-electron chi connectivity index (χ3n) is 5.70. The fourth-order valence-corrected chi connectivity index (χ4v) is 4.93. The molecule has 1 unspecified atom stereocenters. The lowest BCUT2D eigenvalue weighted by Gasteiger charge is -2.31. The summed E-state index contributed by atoms with van der Waals surface area (Å²) in [6.07, 6.45) is 2.39. The van der Waals surface area contributed by atoms with Crippen molar-refractivity contribution in [3.63, 3.8) is 0 Å². The van der Waals surface area contributed by atoms with Crippen LogP contribution in [0.2, 0.25) is 0 Å². The Morgan fingerprint density at radius 2 is 1.88 bits per heavy atom. The summed E-state index contributed by atoms with van der Waals surface area (Å²) in [5.41, 5.74) is 1.33. The van der Waals surface area contributed by atoms with Gasteiger partial charge in [-0.3, -0.25) is 0 Å². The minimum Gasteiger partial charge on any atom is -0.495 e. The van der Waals surface area contributed by atoms with Crippen LogP contribution in [0.15, 0.2) is 66.2 Å². The molecule has 0 spiro atoms. The number of hydrogen-bond donors (Lipinski definition) is 0. The number of benzene rings is 3. The molecule has 0 bridgehead atoms. The molecule has 0 saturated carbocycles. The molecule has 4 aromatic rings. The van der Waals surface area contributed by atoms with Crippen LogP contribution in [0.25, 0.3) is 10.8 Å². The van der Waals surface area contributed by atoms with Crippen molar-refractivity contribution in [3.8, 4) is 17.6 Å². The highest BCUT2D eigenvalue weighted by Gasteiger charge is 2.39. The van der Waals surface area contributed by atoms with Gasteiger partial charge in [-0.15, -0.1) is 11.3 Å². The summed E-state index contributed by atoms with van der Waals surface area (Å²) in [4.78, 5) is 4.48. The number of rotatable bonds is 8. The van der Waals surface area contributed by atoms with Gasteiger partial charge < -0.3 is 14.2 Å². The predicted molar refractivity (Wildman–Crippen MR) is 126 cm³/mol. The molecule has 32 heavy (non-hydrogen) atoms. The molecule has 1 heterocycles. The van der Waals surface area contributed by atoms with Crippen LogP contribution in [0.4, 0.5) is 0 Å². The molecule has 0 aliphatic heterocycles. The maximum atomic E-state index is 9.97. The summed E-state index contributed by atoms with van der Waals surface area (Å²) in [7, 11) is 3.21. The van der Waals surface area contributed by atoms with E-state index in [1.807, 2.05) is 42.6 Å². The second-order valence-electron chi connectivity index (χ2n) is 7.32. The standard InChI is InChI=1S/C26H24N2O3S/c1-4-26(30-3,25-28-13-14-32-25)22-11-12-23(21(16-27)24(22)29-2)31-17-18-9-10-19-7-5-6-8-20(19)15-18/h5-15H,4,17H2,1-3H3. The third kappa shape index (κ3) is 3.81. The zero-order chi connectivity index (χ0) is 22.6. The van der Waals surface area contributed by atoms with E-state index in [2.05, 4.69) is 35.3 Å². The Balaban J connectivity index is 1.70. The first-order chi connectivity index (χ1) is 15.7. The molecule has 3 aromatic carbocycles. The number of methoxy groups -OCH3 is 2. The molecule has 0 radical (unpaired) electrons. The zero-order valence-corrected chi connectivity index (χ0v) is 19.1. The Labute approximate surface area is 191 Å². The summed E-state index contributed by atoms with van der Waals surface area (Å²) in [5, 5.41) is 15.0. The highest BCUT2D eigenvalue weighted by atomic mass is 32.1. The average molecular weight is 445 g/mol. The van der Waals surface area contributed by atoms with E-state index in [4.69, 9.17) is 14.2 Å². The lowest BCUT2D eigenvalue weighted by atomic mass is 9.88. The number of nitrogens with zero attached hydrogens (tertiary/aromatic N) is 2. The summed E-state index contributed by atoms with van der Waals surface area (Å²) < 4.78 is 17.8. The van der Waals surface area contributed by atoms with E-state index >= 15 is 0 Å². The Kier molecular flexibility index (Phi) is 6.40. The first-order valence-corrected chi connectivity index (χ1v) is 11.2. The number of hydrogen-bond acceptors (Lipinski definition) is 6. The largest absolute Gasteiger partial charge is 0.495 e. The number of aromatic nitrogens is 1. The van der Waals surface area contributed by atoms with Gasteiger partial charge in [0.2, 0.25) is 0 Å². The van der Waals surface area contributed by atoms with Gasteiger partial charge in [0, 0.05) is 24.3 Å². The molecule has 0 aliphatic carbocycles. The summed E-state index contributed by atoms with van der Waals surface area (Å²) in [6.45, 7) is 2.37. The van der Waals surface area contributed by atoms with Crippen LogP contribution in [-0.2, 0) is 16.9 Å². The Hall–Kier alpha value is -3.40. The van der Waals surface area contributed by atoms with E-state index in [1.54, 1.807) is 20.4 Å². The van der Waals surface area contributed by atoms with Crippen molar-refractivity contribution in [2.45, 2.75) is 25.6 Å². The van der Waals surface area contributed by atoms with Gasteiger partial charge in [0.1, 0.15) is 40.3 Å². The molecule has 5 nitrogen and oxygen atoms in total. The molecule has 0 fully saturated rings. The van der Waals surface area contributed by atoms with Gasteiger partial charge in [-0.2, -0.15) is 5.26 Å². The first-order valence-electron chi connectivity index (χ1n) is 10.3. The molecule has 1 atom stereocenters. The van der Waals surface area contributed by atoms with E-state index in [9.17, 15) is 5.26 Å². The van der Waals surface area contributed by atoms with Crippen molar-refractivity contribution in [2.75, 3.05) is 14.2 Å². The van der Waals surface area contributed by atoms with E-state index in [0.717, 1.165) is 21.5 Å². The molecular formula is C26H24N2O3S. The second-order valence-corrected chi connectivity index (χ2v) is 8.22. The molecule has 0 saturated heterocycles. The highest BCUT2D eigenvalue weighted by molar-refractivity contribution is 7.09. The monoisotopic (exact) mass is 444 g/mol. The van der Waals surface area contributed by atoms with E-state index < -0.39 is 5.60 Å². The Morgan fingerprint density at radius 1 is 1.06 bits per heavy atom. The molecule has 0 N–H and O–H groups in total. The molecule has 1 aromatic heterocycles. The van der Waals surface area contributed by atoms with Gasteiger partial charge in [-0.1, -0.05) is 43.3 Å². The fourth-order valence-electron chi connectivity index (χ4n) is 4.03. The fraction of sp³-hybridized carbons (Fsp3) is 0.231. The minimum atomic E-state index is -0.804. The number of nitriles is 1. The third-order valence-corrected chi connectivity index (χ3v) is 6.62. The normalized spacial score (nSPS) is 12.8. The molecule has 4 rings (SSSR count). The van der Waals surface area contributed by atoms with E-state index in [1.165, 1.54) is 16.7 Å². The highest BCUT2D eigenvalue weighted by Crippen LogP contribution is 2.45. The van der Waals surface area contributed by atoms with Crippen LogP contribution < -0.4 is 9.47 Å². The Morgan fingerprint density at radius 3 is 2.53 bits per heavy atom. The zero-order valence-electron chi connectivity index (χ0n) is 18.3. The van der Waals surface area contributed by atoms with Crippen LogP contribution in [-0.4, -0.2) is 19.2 Å². The van der Waals surface area contributed by atoms with Gasteiger partial charge >= 0.3 is 0 Å². The van der Waals surface area contributed by atoms with Crippen molar-refractivity contribution in [3.05, 3.63) is 87.9 Å². The summed E-state index contributed by atoms with van der Waals surface area (Å²) in [6, 6.07) is 20.4. The molecular weight excluding hydrogens is 420 g/mol. The number of fused-ring (bicyclic) bond motifs is 1. The van der Waals surface area contributed by atoms with Gasteiger partial charge in [-0.05, 0) is 41.0 Å². The lowest BCUT2D eigenvalue weighted by Crippen LogP contribution is -2.30. The van der Waals surface area contributed by atoms with Crippen molar-refractivity contribution in [1.82, 2.24) is 4.98 Å². The maximum Gasteiger partial charge on any atom is 0.147 e. The van der Waals surface area contributed by atoms with Crippen LogP contribution in [0, 0.1) is 11.3 Å². The van der Waals surface area contributed by atoms with Gasteiger partial charge in [-0.25, -0.2) is 4.98 Å². The number of ether oxygens (including phenoxy) is 3. The van der Waals surface area contributed by atoms with Gasteiger partial charge in [0.25, 0.3) is 0 Å². The summed E-state index contributed by atoms with van der Waals surface area (Å²) in [5.74, 6) is 0.920. The SMILES string of the molecule is CCC(OC)(c1nccs1)c1ccc(OCc2ccc3ccccc3c2)c(C#N)c1OC. The van der Waals surface area contributed by atoms with Gasteiger partial charge in [0.15, 0.2) is 0 Å². The molecule has 0 amide bonds. The molecule has 6 heteroatoms. The maximum absolute atomic E-state index is 9.97.